The van der Waals surface area contributed by atoms with Crippen molar-refractivity contribution in [2.75, 3.05) is 7.11 Å². The van der Waals surface area contributed by atoms with Crippen LogP contribution in [0.25, 0.3) is 0 Å². The fourth-order valence-electron chi connectivity index (χ4n) is 2.95. The van der Waals surface area contributed by atoms with Gasteiger partial charge in [-0.3, -0.25) is 0 Å². The summed E-state index contributed by atoms with van der Waals surface area (Å²) in [5.74, 6) is -0.630. The van der Waals surface area contributed by atoms with E-state index < -0.39 is 16.0 Å². The highest BCUT2D eigenvalue weighted by molar-refractivity contribution is 7.89. The molecule has 1 fully saturated rings. The molecule has 0 N–H and O–H groups in total. The molecule has 0 radical (unpaired) electrons. The lowest BCUT2D eigenvalue weighted by Gasteiger charge is -2.27. The first kappa shape index (κ1) is 16.0. The molecule has 2 unspecified atom stereocenters. The van der Waals surface area contributed by atoms with Gasteiger partial charge in [0.2, 0.25) is 10.0 Å². The molecule has 1 saturated heterocycles. The number of benzene rings is 1. The number of methoxy groups -OCH3 is 1. The molecule has 1 aliphatic heterocycles. The van der Waals surface area contributed by atoms with E-state index in [0.29, 0.717) is 0 Å². The third-order valence-electron chi connectivity index (χ3n) is 4.03. The third kappa shape index (κ3) is 2.82. The highest BCUT2D eigenvalue weighted by Gasteiger charge is 2.40. The molecule has 0 saturated carbocycles. The molecule has 5 nitrogen and oxygen atoms in total. The minimum Gasteiger partial charge on any atom is -0.465 e. The van der Waals surface area contributed by atoms with Crippen LogP contribution in [0.3, 0.4) is 0 Å². The van der Waals surface area contributed by atoms with E-state index in [9.17, 15) is 13.2 Å². The van der Waals surface area contributed by atoms with E-state index in [-0.39, 0.29) is 22.5 Å². The quantitative estimate of drug-likeness (QED) is 0.801. The molecule has 1 aromatic carbocycles. The highest BCUT2D eigenvalue weighted by Crippen LogP contribution is 2.33. The van der Waals surface area contributed by atoms with E-state index >= 15 is 0 Å². The van der Waals surface area contributed by atoms with Gasteiger partial charge in [0.25, 0.3) is 0 Å². The van der Waals surface area contributed by atoms with Crippen molar-refractivity contribution in [1.29, 1.82) is 0 Å². The van der Waals surface area contributed by atoms with Crippen molar-refractivity contribution >= 4 is 16.0 Å². The zero-order chi connectivity index (χ0) is 15.6. The highest BCUT2D eigenvalue weighted by atomic mass is 32.2. The van der Waals surface area contributed by atoms with E-state index in [4.69, 9.17) is 4.74 Å². The number of esters is 1. The average Bonchev–Trinajstić information content (AvgIpc) is 2.88. The summed E-state index contributed by atoms with van der Waals surface area (Å²) in [4.78, 5) is 11.9. The number of sulfonamides is 1. The van der Waals surface area contributed by atoms with Gasteiger partial charge < -0.3 is 4.74 Å². The maximum absolute atomic E-state index is 13.0. The number of hydrogen-bond acceptors (Lipinski definition) is 4. The fourth-order valence-corrected chi connectivity index (χ4v) is 5.08. The van der Waals surface area contributed by atoms with Crippen molar-refractivity contribution < 1.29 is 17.9 Å². The Morgan fingerprint density at radius 3 is 2.62 bits per heavy atom. The van der Waals surface area contributed by atoms with Crippen molar-refractivity contribution in [3.8, 4) is 0 Å². The zero-order valence-corrected chi connectivity index (χ0v) is 13.4. The van der Waals surface area contributed by atoms with E-state index in [1.165, 1.54) is 19.2 Å². The van der Waals surface area contributed by atoms with Crippen molar-refractivity contribution in [1.82, 2.24) is 4.31 Å². The average molecular weight is 311 g/mol. The Hall–Kier alpha value is -1.40. The van der Waals surface area contributed by atoms with Crippen LogP contribution in [0.2, 0.25) is 0 Å². The summed E-state index contributed by atoms with van der Waals surface area (Å²) in [6, 6.07) is 6.16. The molecule has 116 valence electrons. The first-order valence-electron chi connectivity index (χ1n) is 7.14. The van der Waals surface area contributed by atoms with Crippen molar-refractivity contribution in [3.05, 3.63) is 29.8 Å². The minimum absolute atomic E-state index is 0.00398. The molecule has 0 amide bonds. The first-order valence-corrected chi connectivity index (χ1v) is 8.58. The maximum atomic E-state index is 13.0. The second-order valence-corrected chi connectivity index (χ2v) is 7.12. The molecule has 21 heavy (non-hydrogen) atoms. The molecule has 0 spiro atoms. The maximum Gasteiger partial charge on any atom is 0.339 e. The van der Waals surface area contributed by atoms with E-state index in [1.807, 2.05) is 13.8 Å². The van der Waals surface area contributed by atoms with Crippen molar-refractivity contribution in [3.63, 3.8) is 0 Å². The molecule has 2 atom stereocenters. The SMILES string of the molecule is CCC1CCC(C)N1S(=O)(=O)c1ccccc1C(=O)OC. The van der Waals surface area contributed by atoms with E-state index in [0.717, 1.165) is 19.3 Å². The Kier molecular flexibility index (Phi) is 4.68. The van der Waals surface area contributed by atoms with Crippen LogP contribution >= 0.6 is 0 Å². The summed E-state index contributed by atoms with van der Waals surface area (Å²) >= 11 is 0. The van der Waals surface area contributed by atoms with Gasteiger partial charge in [0.05, 0.1) is 17.6 Å². The van der Waals surface area contributed by atoms with E-state index in [2.05, 4.69) is 0 Å². The second kappa shape index (κ2) is 6.15. The number of carbonyl (C=O) groups is 1. The molecular formula is C15H21NO4S. The largest absolute Gasteiger partial charge is 0.465 e. The molecule has 0 aliphatic carbocycles. The fraction of sp³-hybridized carbons (Fsp3) is 0.533. The summed E-state index contributed by atoms with van der Waals surface area (Å²) in [6.07, 6.45) is 2.47. The Bertz CT molecular complexity index is 626. The molecule has 0 aromatic heterocycles. The Labute approximate surface area is 126 Å². The summed E-state index contributed by atoms with van der Waals surface area (Å²) in [7, 11) is -2.45. The van der Waals surface area contributed by atoms with Crippen LogP contribution in [0.15, 0.2) is 29.2 Å². The number of carbonyl (C=O) groups excluding carboxylic acids is 1. The summed E-state index contributed by atoms with van der Waals surface area (Å²) in [5.41, 5.74) is 0.0916. The zero-order valence-electron chi connectivity index (χ0n) is 12.6. The van der Waals surface area contributed by atoms with Crippen LogP contribution in [-0.4, -0.2) is 37.9 Å². The number of rotatable bonds is 4. The van der Waals surface area contributed by atoms with Crippen LogP contribution in [0.5, 0.6) is 0 Å². The molecule has 1 aliphatic rings. The van der Waals surface area contributed by atoms with Gasteiger partial charge in [0.1, 0.15) is 0 Å². The lowest BCUT2D eigenvalue weighted by atomic mass is 10.2. The number of hydrogen-bond donors (Lipinski definition) is 0. The van der Waals surface area contributed by atoms with Gasteiger partial charge in [-0.25, -0.2) is 13.2 Å². The molecular weight excluding hydrogens is 290 g/mol. The minimum atomic E-state index is -3.70. The standard InChI is InChI=1S/C15H21NO4S/c1-4-12-10-9-11(2)16(12)21(18,19)14-8-6-5-7-13(14)15(17)20-3/h5-8,11-12H,4,9-10H2,1-3H3. The predicted molar refractivity (Wildman–Crippen MR) is 79.6 cm³/mol. The van der Waals surface area contributed by atoms with Crippen molar-refractivity contribution in [2.24, 2.45) is 0 Å². The van der Waals surface area contributed by atoms with Gasteiger partial charge in [-0.2, -0.15) is 4.31 Å². The molecule has 2 rings (SSSR count). The van der Waals surface area contributed by atoms with Gasteiger partial charge in [0, 0.05) is 12.1 Å². The van der Waals surface area contributed by atoms with Crippen LogP contribution < -0.4 is 0 Å². The monoisotopic (exact) mass is 311 g/mol. The van der Waals surface area contributed by atoms with Crippen LogP contribution in [0, 0.1) is 0 Å². The Balaban J connectivity index is 2.52. The molecule has 0 bridgehead atoms. The Morgan fingerprint density at radius 2 is 2.00 bits per heavy atom. The molecule has 1 heterocycles. The lowest BCUT2D eigenvalue weighted by Crippen LogP contribution is -2.40. The summed E-state index contributed by atoms with van der Waals surface area (Å²) < 4.78 is 32.2. The van der Waals surface area contributed by atoms with Gasteiger partial charge in [-0.15, -0.1) is 0 Å². The van der Waals surface area contributed by atoms with Crippen LogP contribution in [0.4, 0.5) is 0 Å². The Morgan fingerprint density at radius 1 is 1.33 bits per heavy atom. The summed E-state index contributed by atoms with van der Waals surface area (Å²) in [5, 5.41) is 0. The number of nitrogens with zero attached hydrogens (tertiary/aromatic N) is 1. The predicted octanol–water partition coefficient (Wildman–Crippen LogP) is 2.42. The number of ether oxygens (including phenoxy) is 1. The topological polar surface area (TPSA) is 63.7 Å². The smallest absolute Gasteiger partial charge is 0.339 e. The van der Waals surface area contributed by atoms with Crippen LogP contribution in [0.1, 0.15) is 43.5 Å². The molecule has 6 heteroatoms. The van der Waals surface area contributed by atoms with Crippen LogP contribution in [-0.2, 0) is 14.8 Å². The molecule has 1 aromatic rings. The first-order chi connectivity index (χ1) is 9.93. The van der Waals surface area contributed by atoms with Gasteiger partial charge in [0.15, 0.2) is 0 Å². The normalized spacial score (nSPS) is 23.2. The van der Waals surface area contributed by atoms with Gasteiger partial charge in [-0.1, -0.05) is 19.1 Å². The summed E-state index contributed by atoms with van der Waals surface area (Å²) in [6.45, 7) is 3.89. The van der Waals surface area contributed by atoms with Gasteiger partial charge >= 0.3 is 5.97 Å². The second-order valence-electron chi connectivity index (χ2n) is 5.31. The van der Waals surface area contributed by atoms with Crippen molar-refractivity contribution in [2.45, 2.75) is 50.1 Å². The van der Waals surface area contributed by atoms with Gasteiger partial charge in [-0.05, 0) is 38.3 Å². The third-order valence-corrected chi connectivity index (χ3v) is 6.16. The lowest BCUT2D eigenvalue weighted by molar-refractivity contribution is 0.0596. The van der Waals surface area contributed by atoms with E-state index in [1.54, 1.807) is 16.4 Å².